The number of pyridine rings is 1. The molecule has 2 aromatic heterocycles. The van der Waals surface area contributed by atoms with Crippen molar-refractivity contribution in [2.24, 2.45) is 0 Å². The first-order chi connectivity index (χ1) is 22.4. The lowest BCUT2D eigenvalue weighted by Crippen LogP contribution is -2.49. The van der Waals surface area contributed by atoms with Crippen molar-refractivity contribution >= 4 is 56.5 Å². The molecule has 2 saturated heterocycles. The largest absolute Gasteiger partial charge is 0.457 e. The minimum atomic E-state index is -0.359. The van der Waals surface area contributed by atoms with Crippen molar-refractivity contribution in [2.45, 2.75) is 38.6 Å². The molecule has 2 fully saturated rings. The van der Waals surface area contributed by atoms with Crippen LogP contribution in [-0.4, -0.2) is 71.4 Å². The molecule has 7 rings (SSSR count). The Kier molecular flexibility index (Phi) is 8.42. The Morgan fingerprint density at radius 3 is 2.70 bits per heavy atom. The fraction of sp³-hybridized carbons (Fsp3) is 0.314. The second-order valence-corrected chi connectivity index (χ2v) is 13.0. The number of likely N-dealkylation sites (tertiary alicyclic amines) is 2. The number of nitrogens with zero attached hydrogens (tertiary/aromatic N) is 4. The maximum absolute atomic E-state index is 14.0. The molecule has 236 valence electrons. The van der Waals surface area contributed by atoms with Gasteiger partial charge < -0.3 is 20.3 Å². The summed E-state index contributed by atoms with van der Waals surface area (Å²) in [5.41, 5.74) is 2.57. The van der Waals surface area contributed by atoms with Crippen molar-refractivity contribution in [3.05, 3.63) is 83.4 Å². The van der Waals surface area contributed by atoms with E-state index in [1.165, 1.54) is 24.2 Å². The number of amides is 4. The van der Waals surface area contributed by atoms with Crippen molar-refractivity contribution < 1.29 is 19.1 Å². The average Bonchev–Trinajstić information content (AvgIpc) is 3.72. The second-order valence-electron chi connectivity index (χ2n) is 12.0. The van der Waals surface area contributed by atoms with Crippen LogP contribution in [0.25, 0.3) is 10.2 Å². The molecule has 0 saturated carbocycles. The maximum atomic E-state index is 14.0. The Morgan fingerprint density at radius 1 is 1.07 bits per heavy atom. The third kappa shape index (κ3) is 6.08. The normalized spacial score (nSPS) is 18.3. The van der Waals surface area contributed by atoms with E-state index < -0.39 is 0 Å². The van der Waals surface area contributed by atoms with E-state index in [0.29, 0.717) is 51.4 Å². The number of thiophene rings is 1. The number of nitrogens with one attached hydrogen (secondary N) is 2. The topological polar surface area (TPSA) is 107 Å². The number of carbonyl (C=O) groups is 3. The third-order valence-electron chi connectivity index (χ3n) is 8.72. The lowest BCUT2D eigenvalue weighted by Gasteiger charge is -2.33. The third-order valence-corrected chi connectivity index (χ3v) is 9.81. The molecule has 46 heavy (non-hydrogen) atoms. The Morgan fingerprint density at radius 2 is 1.89 bits per heavy atom. The van der Waals surface area contributed by atoms with Gasteiger partial charge in [0.1, 0.15) is 21.2 Å². The van der Waals surface area contributed by atoms with Crippen LogP contribution in [0.5, 0.6) is 11.5 Å². The summed E-state index contributed by atoms with van der Waals surface area (Å²) < 4.78 is 6.02. The molecule has 2 aromatic carbocycles. The first-order valence-electron chi connectivity index (χ1n) is 15.8. The molecule has 0 radical (unpaired) electrons. The number of para-hydroxylation sites is 1. The molecule has 4 aromatic rings. The zero-order chi connectivity index (χ0) is 31.6. The molecule has 3 aliphatic rings. The average molecular weight is 637 g/mol. The van der Waals surface area contributed by atoms with E-state index in [1.54, 1.807) is 23.2 Å². The molecule has 0 bridgehead atoms. The quantitative estimate of drug-likeness (QED) is 0.215. The van der Waals surface area contributed by atoms with Gasteiger partial charge in [0.15, 0.2) is 0 Å². The van der Waals surface area contributed by atoms with Gasteiger partial charge in [0, 0.05) is 37.9 Å². The number of aryl methyl sites for hydroxylation is 1. The molecular weight excluding hydrogens is 600 g/mol. The highest BCUT2D eigenvalue weighted by atomic mass is 32.1. The number of hydrogen-bond donors (Lipinski definition) is 2. The number of rotatable bonds is 8. The highest BCUT2D eigenvalue weighted by Gasteiger charge is 2.36. The molecule has 3 aliphatic heterocycles. The number of anilines is 3. The van der Waals surface area contributed by atoms with E-state index in [1.807, 2.05) is 66.4 Å². The number of benzene rings is 2. The van der Waals surface area contributed by atoms with Gasteiger partial charge in [-0.15, -0.1) is 11.3 Å². The fourth-order valence-corrected chi connectivity index (χ4v) is 7.52. The van der Waals surface area contributed by atoms with Crippen LogP contribution in [0.3, 0.4) is 0 Å². The Labute approximate surface area is 271 Å². The van der Waals surface area contributed by atoms with Crippen LogP contribution in [0, 0.1) is 6.92 Å². The maximum Gasteiger partial charge on any atom is 0.331 e. The summed E-state index contributed by atoms with van der Waals surface area (Å²) in [6.45, 7) is 5.97. The lowest BCUT2D eigenvalue weighted by molar-refractivity contribution is -0.127. The molecule has 10 nitrogen and oxygen atoms in total. The predicted octanol–water partition coefficient (Wildman–Crippen LogP) is 6.45. The van der Waals surface area contributed by atoms with E-state index in [4.69, 9.17) is 4.74 Å². The van der Waals surface area contributed by atoms with Crippen LogP contribution in [-0.2, 0) is 4.79 Å². The van der Waals surface area contributed by atoms with Gasteiger partial charge in [-0.2, -0.15) is 0 Å². The van der Waals surface area contributed by atoms with Gasteiger partial charge in [-0.3, -0.25) is 19.4 Å². The lowest BCUT2D eigenvalue weighted by atomic mass is 10.0. The van der Waals surface area contributed by atoms with Gasteiger partial charge in [-0.05, 0) is 87.7 Å². The van der Waals surface area contributed by atoms with Crippen LogP contribution < -0.4 is 20.3 Å². The van der Waals surface area contributed by atoms with Crippen LogP contribution in [0.4, 0.5) is 21.9 Å². The summed E-state index contributed by atoms with van der Waals surface area (Å²) in [6.07, 6.45) is 9.25. The number of ether oxygens (including phenoxy) is 1. The fourth-order valence-electron chi connectivity index (χ4n) is 6.47. The van der Waals surface area contributed by atoms with Crippen LogP contribution in [0.1, 0.15) is 40.9 Å². The Hall–Kier alpha value is -4.74. The summed E-state index contributed by atoms with van der Waals surface area (Å²) in [6, 6.07) is 16.2. The van der Waals surface area contributed by atoms with Crippen molar-refractivity contribution in [1.29, 1.82) is 0 Å². The zero-order valence-electron chi connectivity index (χ0n) is 25.7. The summed E-state index contributed by atoms with van der Waals surface area (Å²) in [5.74, 6) is 1.05. The minimum Gasteiger partial charge on any atom is -0.457 e. The zero-order valence-corrected chi connectivity index (χ0v) is 26.5. The molecule has 4 amide bonds. The number of piperidine rings is 1. The standard InChI is InChI=1S/C35H36N6O4S/c1-23-21-26(45-25-10-3-2-4-11-25)13-14-28(23)41-31-30-27(38-35(41)44)15-16-36-34(30)46-32(31)33(43)37-24-9-7-20-40(22-24)29(42)12-8-19-39-17-5-6-18-39/h2-4,8,10-16,21,24H,5-7,9,17-20,22H2,1H3,(H,37,43)(H,38,44). The molecule has 1 atom stereocenters. The van der Waals surface area contributed by atoms with Gasteiger partial charge in [0.2, 0.25) is 5.91 Å². The van der Waals surface area contributed by atoms with Gasteiger partial charge in [-0.1, -0.05) is 24.3 Å². The van der Waals surface area contributed by atoms with Gasteiger partial charge >= 0.3 is 6.03 Å². The molecular formula is C35H36N6O4S. The molecule has 5 heterocycles. The summed E-state index contributed by atoms with van der Waals surface area (Å²) in [5, 5.41) is 6.88. The number of urea groups is 1. The molecule has 11 heteroatoms. The molecule has 0 spiro atoms. The van der Waals surface area contributed by atoms with E-state index >= 15 is 0 Å². The SMILES string of the molecule is Cc1cc(Oc2ccccc2)ccc1N1C(=O)Nc2ccnc3sc(C(=O)NC4CCCN(C(=O)C=CCN5CCCC5)C4)c1c23. The van der Waals surface area contributed by atoms with E-state index in [2.05, 4.69) is 20.5 Å². The van der Waals surface area contributed by atoms with Gasteiger partial charge in [0.25, 0.3) is 5.91 Å². The van der Waals surface area contributed by atoms with E-state index in [0.717, 1.165) is 43.4 Å². The van der Waals surface area contributed by atoms with Crippen molar-refractivity contribution in [2.75, 3.05) is 42.9 Å². The highest BCUT2D eigenvalue weighted by molar-refractivity contribution is 7.21. The van der Waals surface area contributed by atoms with E-state index in [9.17, 15) is 14.4 Å². The first kappa shape index (κ1) is 29.9. The van der Waals surface area contributed by atoms with Crippen LogP contribution >= 0.6 is 11.3 Å². The second kappa shape index (κ2) is 12.9. The number of hydrogen-bond acceptors (Lipinski definition) is 7. The first-order valence-corrected chi connectivity index (χ1v) is 16.6. The highest BCUT2D eigenvalue weighted by Crippen LogP contribution is 2.47. The van der Waals surface area contributed by atoms with Crippen molar-refractivity contribution in [1.82, 2.24) is 20.1 Å². The molecule has 1 unspecified atom stereocenters. The number of carbonyl (C=O) groups excluding carboxylic acids is 3. The molecule has 2 N–H and O–H groups in total. The smallest absolute Gasteiger partial charge is 0.331 e. The van der Waals surface area contributed by atoms with Crippen LogP contribution in [0.2, 0.25) is 0 Å². The minimum absolute atomic E-state index is 0.0260. The van der Waals surface area contributed by atoms with Gasteiger partial charge in [0.05, 0.1) is 22.4 Å². The van der Waals surface area contributed by atoms with E-state index in [-0.39, 0.29) is 23.9 Å². The van der Waals surface area contributed by atoms with Gasteiger partial charge in [-0.25, -0.2) is 9.78 Å². The van der Waals surface area contributed by atoms with Crippen molar-refractivity contribution in [3.8, 4) is 11.5 Å². The molecule has 0 aliphatic carbocycles. The Balaban J connectivity index is 1.13. The summed E-state index contributed by atoms with van der Waals surface area (Å²) in [7, 11) is 0. The predicted molar refractivity (Wildman–Crippen MR) is 180 cm³/mol. The van der Waals surface area contributed by atoms with Crippen LogP contribution in [0.15, 0.2) is 72.9 Å². The summed E-state index contributed by atoms with van der Waals surface area (Å²) in [4.78, 5) is 51.9. The van der Waals surface area contributed by atoms with Crippen molar-refractivity contribution in [3.63, 3.8) is 0 Å². The monoisotopic (exact) mass is 636 g/mol. The summed E-state index contributed by atoms with van der Waals surface area (Å²) >= 11 is 1.26. The number of aromatic nitrogens is 1. The Bertz CT molecular complexity index is 1820.